The van der Waals surface area contributed by atoms with Gasteiger partial charge in [-0.1, -0.05) is 6.07 Å². The highest BCUT2D eigenvalue weighted by molar-refractivity contribution is 14.1. The number of nitriles is 2. The molecule has 0 saturated carbocycles. The average Bonchev–Trinajstić information content (AvgIpc) is 2.46. The van der Waals surface area contributed by atoms with Crippen molar-refractivity contribution in [1.82, 2.24) is 4.98 Å². The maximum Gasteiger partial charge on any atom is 0.156 e. The minimum atomic E-state index is 0.197. The Morgan fingerprint density at radius 2 is 2.10 bits per heavy atom. The van der Waals surface area contributed by atoms with Gasteiger partial charge < -0.3 is 10.5 Å². The highest BCUT2D eigenvalue weighted by Crippen LogP contribution is 2.30. The maximum absolute atomic E-state index is 8.96. The number of ether oxygens (including phenoxy) is 1. The summed E-state index contributed by atoms with van der Waals surface area (Å²) in [6.07, 6.45) is 1.56. The molecule has 5 nitrogen and oxygen atoms in total. The summed E-state index contributed by atoms with van der Waals surface area (Å²) in [6.45, 7) is 0.197. The van der Waals surface area contributed by atoms with Crippen LogP contribution in [0, 0.1) is 26.2 Å². The first kappa shape index (κ1) is 14.1. The first-order valence-corrected chi connectivity index (χ1v) is 6.69. The normalized spacial score (nSPS) is 9.55. The monoisotopic (exact) mass is 376 g/mol. The Bertz CT molecular complexity index is 708. The molecule has 0 unspecified atom stereocenters. The predicted molar refractivity (Wildman–Crippen MR) is 81.6 cm³/mol. The zero-order valence-corrected chi connectivity index (χ0v) is 12.5. The van der Waals surface area contributed by atoms with Gasteiger partial charge in [-0.25, -0.2) is 4.98 Å². The number of aromatic nitrogens is 1. The molecule has 2 aromatic rings. The van der Waals surface area contributed by atoms with E-state index in [4.69, 9.17) is 21.0 Å². The molecule has 6 heteroatoms. The largest absolute Gasteiger partial charge is 0.486 e. The topological polar surface area (TPSA) is 95.7 Å². The zero-order chi connectivity index (χ0) is 14.5. The molecule has 1 aromatic carbocycles. The Labute approximate surface area is 129 Å². The Kier molecular flexibility index (Phi) is 4.38. The fraction of sp³-hybridized carbons (Fsp3) is 0.0714. The third-order valence-electron chi connectivity index (χ3n) is 2.57. The molecular weight excluding hydrogens is 367 g/mol. The molecule has 0 amide bonds. The summed E-state index contributed by atoms with van der Waals surface area (Å²) in [4.78, 5) is 3.96. The van der Waals surface area contributed by atoms with Gasteiger partial charge in [0.25, 0.3) is 0 Å². The molecule has 0 spiro atoms. The number of nitrogens with two attached hydrogens (primary N) is 1. The van der Waals surface area contributed by atoms with Gasteiger partial charge in [0, 0.05) is 11.8 Å². The second kappa shape index (κ2) is 6.22. The molecule has 0 aliphatic heterocycles. The van der Waals surface area contributed by atoms with Crippen molar-refractivity contribution in [3.05, 3.63) is 50.9 Å². The standard InChI is InChI=1S/C14H9IN4O/c15-11-4-9(6-16)5-12(18)14(11)20-8-10-2-1-3-19-13(10)7-17/h1-5H,8,18H2. The Balaban J connectivity index is 2.24. The number of anilines is 1. The van der Waals surface area contributed by atoms with Crippen LogP contribution in [0.1, 0.15) is 16.8 Å². The van der Waals surface area contributed by atoms with Crippen LogP contribution in [-0.2, 0) is 6.61 Å². The van der Waals surface area contributed by atoms with Crippen molar-refractivity contribution >= 4 is 28.3 Å². The van der Waals surface area contributed by atoms with E-state index in [1.54, 1.807) is 30.5 Å². The number of nitrogen functional groups attached to an aromatic ring is 1. The van der Waals surface area contributed by atoms with Gasteiger partial charge in [-0.15, -0.1) is 0 Å². The lowest BCUT2D eigenvalue weighted by Gasteiger charge is -2.11. The third kappa shape index (κ3) is 2.98. The number of benzene rings is 1. The van der Waals surface area contributed by atoms with E-state index in [1.807, 2.05) is 12.1 Å². The van der Waals surface area contributed by atoms with E-state index in [9.17, 15) is 0 Å². The molecule has 0 saturated heterocycles. The Hall–Kier alpha value is -2.32. The van der Waals surface area contributed by atoms with Crippen molar-refractivity contribution in [1.29, 1.82) is 10.5 Å². The molecule has 0 bridgehead atoms. The molecule has 0 aliphatic carbocycles. The van der Waals surface area contributed by atoms with E-state index < -0.39 is 0 Å². The van der Waals surface area contributed by atoms with Crippen molar-refractivity contribution in [3.63, 3.8) is 0 Å². The van der Waals surface area contributed by atoms with Crippen molar-refractivity contribution in [2.24, 2.45) is 0 Å². The highest BCUT2D eigenvalue weighted by atomic mass is 127. The molecule has 2 rings (SSSR count). The summed E-state index contributed by atoms with van der Waals surface area (Å²) in [6, 6.07) is 10.8. The molecule has 20 heavy (non-hydrogen) atoms. The van der Waals surface area contributed by atoms with Crippen molar-refractivity contribution in [3.8, 4) is 17.9 Å². The summed E-state index contributed by atoms with van der Waals surface area (Å²) in [7, 11) is 0. The third-order valence-corrected chi connectivity index (χ3v) is 3.37. The summed E-state index contributed by atoms with van der Waals surface area (Å²) < 4.78 is 6.41. The van der Waals surface area contributed by atoms with E-state index in [0.717, 1.165) is 3.57 Å². The van der Waals surface area contributed by atoms with Gasteiger partial charge in [0.15, 0.2) is 5.75 Å². The molecule has 1 heterocycles. The van der Waals surface area contributed by atoms with Crippen LogP contribution < -0.4 is 10.5 Å². The van der Waals surface area contributed by atoms with E-state index in [2.05, 4.69) is 27.6 Å². The number of rotatable bonds is 3. The van der Waals surface area contributed by atoms with E-state index in [1.165, 1.54) is 0 Å². The number of hydrogen-bond donors (Lipinski definition) is 1. The lowest BCUT2D eigenvalue weighted by atomic mass is 10.2. The number of pyridine rings is 1. The van der Waals surface area contributed by atoms with E-state index in [-0.39, 0.29) is 6.61 Å². The van der Waals surface area contributed by atoms with Crippen LogP contribution >= 0.6 is 22.6 Å². The number of halogens is 1. The van der Waals surface area contributed by atoms with Gasteiger partial charge in [-0.05, 0) is 40.8 Å². The van der Waals surface area contributed by atoms with Gasteiger partial charge in [-0.3, -0.25) is 0 Å². The van der Waals surface area contributed by atoms with Gasteiger partial charge in [0.2, 0.25) is 0 Å². The predicted octanol–water partition coefficient (Wildman–Crippen LogP) is 2.59. The highest BCUT2D eigenvalue weighted by Gasteiger charge is 2.10. The molecule has 0 fully saturated rings. The van der Waals surface area contributed by atoms with Crippen LogP contribution in [0.3, 0.4) is 0 Å². The van der Waals surface area contributed by atoms with Gasteiger partial charge in [-0.2, -0.15) is 10.5 Å². The molecule has 0 radical (unpaired) electrons. The fourth-order valence-electron chi connectivity index (χ4n) is 1.64. The SMILES string of the molecule is N#Cc1cc(N)c(OCc2cccnc2C#N)c(I)c1. The fourth-order valence-corrected chi connectivity index (χ4v) is 2.44. The van der Waals surface area contributed by atoms with Gasteiger partial charge in [0.1, 0.15) is 18.4 Å². The lowest BCUT2D eigenvalue weighted by molar-refractivity contribution is 0.305. The molecule has 0 atom stereocenters. The quantitative estimate of drug-likeness (QED) is 0.656. The average molecular weight is 376 g/mol. The summed E-state index contributed by atoms with van der Waals surface area (Å²) in [5, 5.41) is 17.8. The number of nitrogens with zero attached hydrogens (tertiary/aromatic N) is 3. The van der Waals surface area contributed by atoms with Crippen molar-refractivity contribution in [2.75, 3.05) is 5.73 Å². The second-order valence-corrected chi connectivity index (χ2v) is 5.06. The van der Waals surface area contributed by atoms with Gasteiger partial charge >= 0.3 is 0 Å². The van der Waals surface area contributed by atoms with Crippen molar-refractivity contribution < 1.29 is 4.74 Å². The van der Waals surface area contributed by atoms with Crippen LogP contribution in [0.15, 0.2) is 30.5 Å². The van der Waals surface area contributed by atoms with Crippen molar-refractivity contribution in [2.45, 2.75) is 6.61 Å². The molecule has 2 N–H and O–H groups in total. The lowest BCUT2D eigenvalue weighted by Crippen LogP contribution is -2.03. The summed E-state index contributed by atoms with van der Waals surface area (Å²) >= 11 is 2.06. The van der Waals surface area contributed by atoms with Crippen LogP contribution in [-0.4, -0.2) is 4.98 Å². The van der Waals surface area contributed by atoms with Gasteiger partial charge in [0.05, 0.1) is 20.9 Å². The van der Waals surface area contributed by atoms with E-state index in [0.29, 0.717) is 28.3 Å². The minimum absolute atomic E-state index is 0.197. The van der Waals surface area contributed by atoms with Crippen LogP contribution in [0.4, 0.5) is 5.69 Å². The Morgan fingerprint density at radius 1 is 1.30 bits per heavy atom. The minimum Gasteiger partial charge on any atom is -0.486 e. The zero-order valence-electron chi connectivity index (χ0n) is 10.3. The molecular formula is C14H9IN4O. The Morgan fingerprint density at radius 3 is 2.75 bits per heavy atom. The first-order chi connectivity index (χ1) is 9.65. The van der Waals surface area contributed by atoms with Crippen LogP contribution in [0.2, 0.25) is 0 Å². The first-order valence-electron chi connectivity index (χ1n) is 5.61. The summed E-state index contributed by atoms with van der Waals surface area (Å²) in [5.74, 6) is 0.511. The van der Waals surface area contributed by atoms with Crippen LogP contribution in [0.5, 0.6) is 5.75 Å². The number of hydrogen-bond acceptors (Lipinski definition) is 5. The summed E-state index contributed by atoms with van der Waals surface area (Å²) in [5.41, 5.74) is 7.77. The maximum atomic E-state index is 8.96. The van der Waals surface area contributed by atoms with E-state index >= 15 is 0 Å². The second-order valence-electron chi connectivity index (χ2n) is 3.90. The molecule has 0 aliphatic rings. The van der Waals surface area contributed by atoms with Crippen LogP contribution in [0.25, 0.3) is 0 Å². The molecule has 98 valence electrons. The molecule has 1 aromatic heterocycles. The smallest absolute Gasteiger partial charge is 0.156 e.